The van der Waals surface area contributed by atoms with Gasteiger partial charge >= 0.3 is 6.03 Å². The number of carbonyl (C=O) groups excluding carboxylic acids is 1. The predicted molar refractivity (Wildman–Crippen MR) is 109 cm³/mol. The summed E-state index contributed by atoms with van der Waals surface area (Å²) in [7, 11) is 1.61. The number of urea groups is 1. The Morgan fingerprint density at radius 1 is 1.31 bits per heavy atom. The molecule has 1 N–H and O–H groups in total. The number of hydrogen-bond donors (Lipinski definition) is 1. The van der Waals surface area contributed by atoms with E-state index in [0.717, 1.165) is 11.3 Å². The number of amides is 2. The normalized spacial score (nSPS) is 15.6. The zero-order valence-corrected chi connectivity index (χ0v) is 16.9. The lowest BCUT2D eigenvalue weighted by Crippen LogP contribution is -2.45. The summed E-state index contributed by atoms with van der Waals surface area (Å²) in [5.41, 5.74) is 2.33. The van der Waals surface area contributed by atoms with Crippen molar-refractivity contribution >= 4 is 11.7 Å². The van der Waals surface area contributed by atoms with Gasteiger partial charge in [-0.3, -0.25) is 0 Å². The number of carbonyl (C=O) groups is 1. The molecule has 0 radical (unpaired) electrons. The number of benzene rings is 2. The van der Waals surface area contributed by atoms with E-state index >= 15 is 0 Å². The Morgan fingerprint density at radius 2 is 2.10 bits per heavy atom. The minimum Gasteiger partial charge on any atom is -0.497 e. The van der Waals surface area contributed by atoms with Gasteiger partial charge in [0.2, 0.25) is 0 Å². The lowest BCUT2D eigenvalue weighted by atomic mass is 10.0. The van der Waals surface area contributed by atoms with E-state index in [1.165, 1.54) is 12.1 Å². The highest BCUT2D eigenvalue weighted by molar-refractivity contribution is 6.01. The van der Waals surface area contributed by atoms with Crippen LogP contribution in [0.15, 0.2) is 53.7 Å². The van der Waals surface area contributed by atoms with Gasteiger partial charge in [0.05, 0.1) is 19.4 Å². The molecule has 29 heavy (non-hydrogen) atoms. The van der Waals surface area contributed by atoms with Crippen molar-refractivity contribution in [2.45, 2.75) is 39.0 Å². The summed E-state index contributed by atoms with van der Waals surface area (Å²) in [5.74, 6) is 0.421. The van der Waals surface area contributed by atoms with Crippen molar-refractivity contribution < 1.29 is 18.8 Å². The molecule has 2 aromatic carbocycles. The van der Waals surface area contributed by atoms with Crippen LogP contribution in [0.2, 0.25) is 0 Å². The van der Waals surface area contributed by atoms with Crippen LogP contribution in [-0.2, 0) is 11.4 Å². The second-order valence-electron chi connectivity index (χ2n) is 7.32. The number of ether oxygens (including phenoxy) is 1. The average Bonchev–Trinajstić information content (AvgIpc) is 3.16. The first kappa shape index (κ1) is 20.6. The topological polar surface area (TPSA) is 63.2 Å². The molecule has 1 aliphatic rings. The van der Waals surface area contributed by atoms with Gasteiger partial charge in [-0.2, -0.15) is 0 Å². The van der Waals surface area contributed by atoms with E-state index in [1.807, 2.05) is 38.1 Å². The quantitative estimate of drug-likeness (QED) is 0.767. The van der Waals surface area contributed by atoms with Gasteiger partial charge in [0.25, 0.3) is 0 Å². The summed E-state index contributed by atoms with van der Waals surface area (Å²) in [6.45, 7) is 4.60. The van der Waals surface area contributed by atoms with Crippen molar-refractivity contribution in [3.63, 3.8) is 0 Å². The first-order valence-electron chi connectivity index (χ1n) is 9.61. The molecule has 1 aliphatic heterocycles. The molecule has 1 heterocycles. The maximum absolute atomic E-state index is 13.5. The molecule has 0 aromatic heterocycles. The van der Waals surface area contributed by atoms with Crippen LogP contribution in [-0.4, -0.2) is 42.4 Å². The first-order valence-corrected chi connectivity index (χ1v) is 9.61. The van der Waals surface area contributed by atoms with Crippen molar-refractivity contribution in [2.24, 2.45) is 5.16 Å². The van der Waals surface area contributed by atoms with Gasteiger partial charge in [0.15, 0.2) is 6.10 Å². The van der Waals surface area contributed by atoms with Crippen LogP contribution in [0.5, 0.6) is 5.75 Å². The smallest absolute Gasteiger partial charge is 0.318 e. The molecule has 0 saturated carbocycles. The lowest BCUT2D eigenvalue weighted by Gasteiger charge is -2.26. The van der Waals surface area contributed by atoms with E-state index < -0.39 is 0 Å². The Labute approximate surface area is 170 Å². The summed E-state index contributed by atoms with van der Waals surface area (Å²) in [6, 6.07) is 13.7. The van der Waals surface area contributed by atoms with Crippen LogP contribution in [0.25, 0.3) is 0 Å². The van der Waals surface area contributed by atoms with Gasteiger partial charge in [0.1, 0.15) is 11.6 Å². The standard InChI is InChI=1S/C22H26FN3O3/c1-15(2)24-22(27)26(13-16-6-4-9-19(10-16)28-3)14-20-12-21(25-29-20)17-7-5-8-18(23)11-17/h4-11,15,20H,12-14H2,1-3H3,(H,24,27). The van der Waals surface area contributed by atoms with E-state index in [2.05, 4.69) is 10.5 Å². The fourth-order valence-electron chi connectivity index (χ4n) is 3.16. The zero-order chi connectivity index (χ0) is 20.8. The van der Waals surface area contributed by atoms with E-state index in [1.54, 1.807) is 24.1 Å². The van der Waals surface area contributed by atoms with Crippen molar-refractivity contribution in [2.75, 3.05) is 13.7 Å². The molecule has 7 heteroatoms. The molecule has 0 bridgehead atoms. The maximum Gasteiger partial charge on any atom is 0.318 e. The lowest BCUT2D eigenvalue weighted by molar-refractivity contribution is 0.0586. The number of methoxy groups -OCH3 is 1. The first-order chi connectivity index (χ1) is 13.9. The Balaban J connectivity index is 1.69. The molecule has 154 valence electrons. The highest BCUT2D eigenvalue weighted by atomic mass is 19.1. The molecule has 6 nitrogen and oxygen atoms in total. The van der Waals surface area contributed by atoms with Crippen LogP contribution >= 0.6 is 0 Å². The third kappa shape index (κ3) is 5.70. The number of nitrogens with zero attached hydrogens (tertiary/aromatic N) is 2. The van der Waals surface area contributed by atoms with Crippen molar-refractivity contribution in [1.29, 1.82) is 0 Å². The Morgan fingerprint density at radius 3 is 2.83 bits per heavy atom. The molecule has 0 fully saturated rings. The molecule has 2 amide bonds. The average molecular weight is 399 g/mol. The van der Waals surface area contributed by atoms with E-state index in [-0.39, 0.29) is 24.0 Å². The van der Waals surface area contributed by atoms with Crippen molar-refractivity contribution in [3.8, 4) is 5.75 Å². The summed E-state index contributed by atoms with van der Waals surface area (Å²) in [4.78, 5) is 20.0. The van der Waals surface area contributed by atoms with Crippen LogP contribution < -0.4 is 10.1 Å². The van der Waals surface area contributed by atoms with E-state index in [9.17, 15) is 9.18 Å². The molecular formula is C22H26FN3O3. The van der Waals surface area contributed by atoms with Gasteiger partial charge in [-0.05, 0) is 43.7 Å². The predicted octanol–water partition coefficient (Wildman–Crippen LogP) is 3.95. The van der Waals surface area contributed by atoms with Gasteiger partial charge in [-0.15, -0.1) is 0 Å². The van der Waals surface area contributed by atoms with Gasteiger partial charge in [-0.25, -0.2) is 9.18 Å². The highest BCUT2D eigenvalue weighted by Crippen LogP contribution is 2.20. The molecule has 3 rings (SSSR count). The van der Waals surface area contributed by atoms with Crippen LogP contribution in [0.3, 0.4) is 0 Å². The van der Waals surface area contributed by atoms with Crippen molar-refractivity contribution in [1.82, 2.24) is 10.2 Å². The Hall–Kier alpha value is -3.09. The Kier molecular flexibility index (Phi) is 6.69. The van der Waals surface area contributed by atoms with E-state index in [4.69, 9.17) is 9.57 Å². The maximum atomic E-state index is 13.5. The van der Waals surface area contributed by atoms with Crippen molar-refractivity contribution in [3.05, 3.63) is 65.5 Å². The minimum absolute atomic E-state index is 0.0129. The highest BCUT2D eigenvalue weighted by Gasteiger charge is 2.27. The molecule has 0 spiro atoms. The number of halogens is 1. The second-order valence-corrected chi connectivity index (χ2v) is 7.32. The van der Waals surface area contributed by atoms with Crippen LogP contribution in [0.4, 0.5) is 9.18 Å². The number of rotatable bonds is 7. The molecule has 0 saturated heterocycles. The number of nitrogens with one attached hydrogen (secondary N) is 1. The number of hydrogen-bond acceptors (Lipinski definition) is 4. The summed E-state index contributed by atoms with van der Waals surface area (Å²) in [5, 5.41) is 7.04. The minimum atomic E-state index is -0.315. The zero-order valence-electron chi connectivity index (χ0n) is 16.9. The third-order valence-corrected chi connectivity index (χ3v) is 4.52. The fourth-order valence-corrected chi connectivity index (χ4v) is 3.16. The number of oxime groups is 1. The Bertz CT molecular complexity index is 885. The van der Waals surface area contributed by atoms with Crippen LogP contribution in [0.1, 0.15) is 31.4 Å². The van der Waals surface area contributed by atoms with E-state index in [0.29, 0.717) is 30.8 Å². The van der Waals surface area contributed by atoms with Gasteiger partial charge in [-0.1, -0.05) is 29.4 Å². The monoisotopic (exact) mass is 399 g/mol. The third-order valence-electron chi connectivity index (χ3n) is 4.52. The summed E-state index contributed by atoms with van der Waals surface area (Å²) in [6.07, 6.45) is 0.212. The largest absolute Gasteiger partial charge is 0.497 e. The molecule has 1 atom stereocenters. The van der Waals surface area contributed by atoms with Gasteiger partial charge in [0, 0.05) is 24.6 Å². The second kappa shape index (κ2) is 9.41. The van der Waals surface area contributed by atoms with Crippen LogP contribution in [0, 0.1) is 5.82 Å². The SMILES string of the molecule is COc1cccc(CN(CC2CC(c3cccc(F)c3)=NO2)C(=O)NC(C)C)c1. The summed E-state index contributed by atoms with van der Waals surface area (Å²) < 4.78 is 18.8. The fraction of sp³-hybridized carbons (Fsp3) is 0.364. The molecule has 1 unspecified atom stereocenters. The molecule has 2 aromatic rings. The molecule has 0 aliphatic carbocycles. The summed E-state index contributed by atoms with van der Waals surface area (Å²) >= 11 is 0. The van der Waals surface area contributed by atoms with Gasteiger partial charge < -0.3 is 19.8 Å². The molecular weight excluding hydrogens is 373 g/mol.